The van der Waals surface area contributed by atoms with Crippen molar-refractivity contribution in [2.24, 2.45) is 0 Å². The molecular weight excluding hydrogens is 496 g/mol. The van der Waals surface area contributed by atoms with Gasteiger partial charge in [-0.2, -0.15) is 0 Å². The molecule has 0 aliphatic heterocycles. The Kier molecular flexibility index (Phi) is 12.2. The highest BCUT2D eigenvalue weighted by Gasteiger charge is 2.22. The van der Waals surface area contributed by atoms with Gasteiger partial charge in [-0.05, 0) is 31.0 Å². The average Bonchev–Trinajstić information content (AvgIpc) is 3.41. The van der Waals surface area contributed by atoms with E-state index < -0.39 is 0 Å². The van der Waals surface area contributed by atoms with Crippen molar-refractivity contribution in [1.29, 1.82) is 0 Å². The number of hydrogen-bond acceptors (Lipinski definition) is 6. The number of hydrogen-bond donors (Lipinski definition) is 1. The van der Waals surface area contributed by atoms with Gasteiger partial charge in [0.1, 0.15) is 10.8 Å². The highest BCUT2D eigenvalue weighted by Crippen LogP contribution is 2.29. The van der Waals surface area contributed by atoms with Crippen LogP contribution in [0.1, 0.15) is 83.2 Å². The van der Waals surface area contributed by atoms with E-state index in [9.17, 15) is 9.59 Å². The maximum absolute atomic E-state index is 13.2. The minimum Gasteiger partial charge on any atom is -0.497 e. The molecule has 7 nitrogen and oxygen atoms in total. The molecule has 204 valence electrons. The highest BCUT2D eigenvalue weighted by atomic mass is 32.1. The second kappa shape index (κ2) is 15.9. The van der Waals surface area contributed by atoms with Gasteiger partial charge in [-0.1, -0.05) is 99.3 Å². The quantitative estimate of drug-likeness (QED) is 0.195. The molecule has 0 fully saturated rings. The lowest BCUT2D eigenvalue weighted by Crippen LogP contribution is -2.36. The molecule has 0 bridgehead atoms. The van der Waals surface area contributed by atoms with Gasteiger partial charge >= 0.3 is 0 Å². The van der Waals surface area contributed by atoms with Gasteiger partial charge in [-0.25, -0.2) is 0 Å². The van der Waals surface area contributed by atoms with Crippen molar-refractivity contribution in [3.8, 4) is 16.3 Å². The van der Waals surface area contributed by atoms with Crippen molar-refractivity contribution in [1.82, 2.24) is 15.1 Å². The lowest BCUT2D eigenvalue weighted by atomic mass is 10.0. The SMILES string of the molecule is CCCCCCCCCC(=O)N(CCC(=O)Nc1nnc(-c2cccc(OC)c2)s1)C(C)c1ccccc1. The number of carbonyl (C=O) groups excluding carboxylic acids is 2. The minimum absolute atomic E-state index is 0.0962. The van der Waals surface area contributed by atoms with Crippen LogP contribution in [0.25, 0.3) is 10.6 Å². The first-order valence-electron chi connectivity index (χ1n) is 13.6. The summed E-state index contributed by atoms with van der Waals surface area (Å²) in [5, 5.41) is 12.3. The molecule has 3 rings (SSSR count). The van der Waals surface area contributed by atoms with E-state index in [0.29, 0.717) is 23.1 Å². The van der Waals surface area contributed by atoms with Gasteiger partial charge in [0.25, 0.3) is 0 Å². The van der Waals surface area contributed by atoms with Gasteiger partial charge in [0, 0.05) is 24.9 Å². The molecule has 0 spiro atoms. The lowest BCUT2D eigenvalue weighted by molar-refractivity contribution is -0.134. The van der Waals surface area contributed by atoms with E-state index in [4.69, 9.17) is 4.74 Å². The first kappa shape index (κ1) is 29.3. The number of ether oxygens (including phenoxy) is 1. The molecule has 0 aliphatic carbocycles. The number of benzene rings is 2. The monoisotopic (exact) mass is 536 g/mol. The van der Waals surface area contributed by atoms with Crippen molar-refractivity contribution in [3.63, 3.8) is 0 Å². The molecule has 0 radical (unpaired) electrons. The van der Waals surface area contributed by atoms with E-state index >= 15 is 0 Å². The zero-order chi connectivity index (χ0) is 27.2. The van der Waals surface area contributed by atoms with E-state index in [1.807, 2.05) is 66.4 Å². The van der Waals surface area contributed by atoms with Crippen LogP contribution < -0.4 is 10.1 Å². The smallest absolute Gasteiger partial charge is 0.227 e. The first-order chi connectivity index (χ1) is 18.5. The molecule has 0 aliphatic rings. The fourth-order valence-electron chi connectivity index (χ4n) is 4.37. The first-order valence-corrected chi connectivity index (χ1v) is 14.5. The summed E-state index contributed by atoms with van der Waals surface area (Å²) in [5.41, 5.74) is 1.94. The van der Waals surface area contributed by atoms with Gasteiger partial charge in [0.2, 0.25) is 16.9 Å². The van der Waals surface area contributed by atoms with Gasteiger partial charge in [0.05, 0.1) is 13.2 Å². The number of anilines is 1. The lowest BCUT2D eigenvalue weighted by Gasteiger charge is -2.30. The largest absolute Gasteiger partial charge is 0.497 e. The summed E-state index contributed by atoms with van der Waals surface area (Å²) in [5.74, 6) is 0.642. The van der Waals surface area contributed by atoms with Gasteiger partial charge in [-0.3, -0.25) is 9.59 Å². The Morgan fingerprint density at radius 1 is 0.947 bits per heavy atom. The molecule has 1 aromatic heterocycles. The Morgan fingerprint density at radius 3 is 2.42 bits per heavy atom. The van der Waals surface area contributed by atoms with E-state index in [-0.39, 0.29) is 24.3 Å². The summed E-state index contributed by atoms with van der Waals surface area (Å²) in [6.45, 7) is 4.59. The van der Waals surface area contributed by atoms with Gasteiger partial charge in [0.15, 0.2) is 0 Å². The fraction of sp³-hybridized carbons (Fsp3) is 0.467. The van der Waals surface area contributed by atoms with Crippen LogP contribution in [0, 0.1) is 0 Å². The fourth-order valence-corrected chi connectivity index (χ4v) is 5.13. The molecule has 1 atom stereocenters. The number of carbonyl (C=O) groups is 2. The standard InChI is InChI=1S/C30H40N4O3S/c1-4-5-6-7-8-9-13-19-28(36)34(23(2)24-15-11-10-12-16-24)21-20-27(35)31-30-33-32-29(38-30)25-17-14-18-26(22-25)37-3/h10-12,14-18,22-23H,4-9,13,19-21H2,1-3H3,(H,31,33,35). The van der Waals surface area contributed by atoms with E-state index in [1.54, 1.807) is 7.11 Å². The maximum Gasteiger partial charge on any atom is 0.227 e. The third-order valence-electron chi connectivity index (χ3n) is 6.63. The molecule has 1 unspecified atom stereocenters. The molecule has 0 saturated heterocycles. The summed E-state index contributed by atoms with van der Waals surface area (Å²) >= 11 is 1.31. The molecular formula is C30H40N4O3S. The van der Waals surface area contributed by atoms with Crippen molar-refractivity contribution < 1.29 is 14.3 Å². The number of nitrogens with one attached hydrogen (secondary N) is 1. The maximum atomic E-state index is 13.2. The second-order valence-corrected chi connectivity index (χ2v) is 10.5. The Hall–Kier alpha value is -3.26. The average molecular weight is 537 g/mol. The number of amides is 2. The van der Waals surface area contributed by atoms with Crippen LogP contribution in [0.5, 0.6) is 5.75 Å². The number of unbranched alkanes of at least 4 members (excludes halogenated alkanes) is 6. The minimum atomic E-state index is -0.188. The zero-order valence-electron chi connectivity index (χ0n) is 22.8. The Labute approximate surface area is 230 Å². The summed E-state index contributed by atoms with van der Waals surface area (Å²) in [6, 6.07) is 17.4. The third-order valence-corrected chi connectivity index (χ3v) is 7.52. The van der Waals surface area contributed by atoms with Gasteiger partial charge in [-0.15, -0.1) is 10.2 Å². The zero-order valence-corrected chi connectivity index (χ0v) is 23.6. The molecule has 8 heteroatoms. The molecule has 2 aromatic carbocycles. The third kappa shape index (κ3) is 9.24. The Bertz CT molecular complexity index is 1140. The summed E-state index contributed by atoms with van der Waals surface area (Å²) in [6.07, 6.45) is 8.83. The topological polar surface area (TPSA) is 84.4 Å². The number of aromatic nitrogens is 2. The van der Waals surface area contributed by atoms with Crippen molar-refractivity contribution >= 4 is 28.3 Å². The van der Waals surface area contributed by atoms with Gasteiger partial charge < -0.3 is 15.0 Å². The van der Waals surface area contributed by atoms with Crippen molar-refractivity contribution in [3.05, 3.63) is 60.2 Å². The Balaban J connectivity index is 1.56. The predicted octanol–water partition coefficient (Wildman–Crippen LogP) is 7.27. The molecule has 2 amide bonds. The van der Waals surface area contributed by atoms with E-state index in [0.717, 1.165) is 29.7 Å². The number of nitrogens with zero attached hydrogens (tertiary/aromatic N) is 3. The molecule has 0 saturated carbocycles. The van der Waals surface area contributed by atoms with E-state index in [1.165, 1.54) is 43.4 Å². The van der Waals surface area contributed by atoms with Crippen LogP contribution in [0.15, 0.2) is 54.6 Å². The van der Waals surface area contributed by atoms with E-state index in [2.05, 4.69) is 22.4 Å². The predicted molar refractivity (Wildman–Crippen MR) is 154 cm³/mol. The number of rotatable bonds is 16. The second-order valence-electron chi connectivity index (χ2n) is 9.49. The van der Waals surface area contributed by atoms with Crippen LogP contribution in [0.4, 0.5) is 5.13 Å². The summed E-state index contributed by atoms with van der Waals surface area (Å²) in [7, 11) is 1.62. The summed E-state index contributed by atoms with van der Waals surface area (Å²) < 4.78 is 5.28. The summed E-state index contributed by atoms with van der Waals surface area (Å²) in [4.78, 5) is 27.9. The van der Waals surface area contributed by atoms with Crippen LogP contribution >= 0.6 is 11.3 Å². The van der Waals surface area contributed by atoms with Crippen LogP contribution in [-0.2, 0) is 9.59 Å². The molecule has 3 aromatic rings. The molecule has 1 N–H and O–H groups in total. The van der Waals surface area contributed by atoms with Crippen LogP contribution in [0.2, 0.25) is 0 Å². The van der Waals surface area contributed by atoms with Crippen molar-refractivity contribution in [2.45, 2.75) is 77.7 Å². The Morgan fingerprint density at radius 2 is 1.68 bits per heavy atom. The molecule has 1 heterocycles. The van der Waals surface area contributed by atoms with Crippen molar-refractivity contribution in [2.75, 3.05) is 19.0 Å². The molecule has 38 heavy (non-hydrogen) atoms. The van der Waals surface area contributed by atoms with Crippen LogP contribution in [0.3, 0.4) is 0 Å². The van der Waals surface area contributed by atoms with Crippen LogP contribution in [-0.4, -0.2) is 40.6 Å². The number of methoxy groups -OCH3 is 1. The highest BCUT2D eigenvalue weighted by molar-refractivity contribution is 7.18. The normalized spacial score (nSPS) is 11.7.